The van der Waals surface area contributed by atoms with Gasteiger partial charge in [-0.3, -0.25) is 4.79 Å². The number of nitrogen functional groups attached to an aromatic ring is 1. The summed E-state index contributed by atoms with van der Waals surface area (Å²) in [6.07, 6.45) is 0. The van der Waals surface area contributed by atoms with Crippen molar-refractivity contribution in [2.24, 2.45) is 0 Å². The first-order chi connectivity index (χ1) is 9.13. The van der Waals surface area contributed by atoms with Gasteiger partial charge in [0.1, 0.15) is 11.7 Å². The lowest BCUT2D eigenvalue weighted by molar-refractivity contribution is -0.137. The third kappa shape index (κ3) is 2.68. The van der Waals surface area contributed by atoms with Crippen molar-refractivity contribution in [1.29, 1.82) is 0 Å². The summed E-state index contributed by atoms with van der Waals surface area (Å²) in [5, 5.41) is 9.48. The quantitative estimate of drug-likeness (QED) is 0.825. The SMILES string of the molecule is COc1ccccc1C(C(=O)O)c1ccc(N)cc1. The second kappa shape index (κ2) is 5.44. The van der Waals surface area contributed by atoms with E-state index in [0.29, 0.717) is 22.6 Å². The van der Waals surface area contributed by atoms with Crippen molar-refractivity contribution in [3.8, 4) is 5.75 Å². The minimum absolute atomic E-state index is 0.562. The molecule has 19 heavy (non-hydrogen) atoms. The Labute approximate surface area is 111 Å². The van der Waals surface area contributed by atoms with E-state index in [1.807, 2.05) is 6.07 Å². The zero-order valence-corrected chi connectivity index (χ0v) is 10.5. The van der Waals surface area contributed by atoms with Crippen LogP contribution in [-0.2, 0) is 4.79 Å². The molecule has 1 unspecified atom stereocenters. The van der Waals surface area contributed by atoms with Crippen LogP contribution in [0.1, 0.15) is 17.0 Å². The van der Waals surface area contributed by atoms with Gasteiger partial charge >= 0.3 is 5.97 Å². The molecule has 2 aromatic rings. The molecule has 0 spiro atoms. The standard InChI is InChI=1S/C15H15NO3/c1-19-13-5-3-2-4-12(13)14(15(17)18)10-6-8-11(16)9-7-10/h2-9,14H,16H2,1H3,(H,17,18). The Bertz CT molecular complexity index is 578. The lowest BCUT2D eigenvalue weighted by Gasteiger charge is -2.16. The third-order valence-corrected chi connectivity index (χ3v) is 2.97. The first-order valence-corrected chi connectivity index (χ1v) is 5.84. The molecule has 4 nitrogen and oxygen atoms in total. The van der Waals surface area contributed by atoms with Crippen LogP contribution in [0.4, 0.5) is 5.69 Å². The fourth-order valence-electron chi connectivity index (χ4n) is 2.05. The van der Waals surface area contributed by atoms with Crippen molar-refractivity contribution in [1.82, 2.24) is 0 Å². The minimum Gasteiger partial charge on any atom is -0.496 e. The largest absolute Gasteiger partial charge is 0.496 e. The molecule has 2 aromatic carbocycles. The summed E-state index contributed by atoms with van der Waals surface area (Å²) >= 11 is 0. The summed E-state index contributed by atoms with van der Waals surface area (Å²) in [4.78, 5) is 11.6. The first kappa shape index (κ1) is 13.0. The van der Waals surface area contributed by atoms with Gasteiger partial charge in [0.25, 0.3) is 0 Å². The van der Waals surface area contributed by atoms with Crippen molar-refractivity contribution in [2.45, 2.75) is 5.92 Å². The van der Waals surface area contributed by atoms with Crippen molar-refractivity contribution in [3.05, 3.63) is 59.7 Å². The Morgan fingerprint density at radius 1 is 1.16 bits per heavy atom. The summed E-state index contributed by atoms with van der Waals surface area (Å²) in [7, 11) is 1.53. The zero-order chi connectivity index (χ0) is 13.8. The van der Waals surface area contributed by atoms with E-state index >= 15 is 0 Å². The number of carboxylic acids is 1. The molecule has 0 aliphatic heterocycles. The van der Waals surface area contributed by atoms with Crippen LogP contribution in [0.2, 0.25) is 0 Å². The molecule has 0 saturated carbocycles. The number of hydrogen-bond acceptors (Lipinski definition) is 3. The second-order valence-corrected chi connectivity index (χ2v) is 4.18. The van der Waals surface area contributed by atoms with Gasteiger partial charge in [-0.15, -0.1) is 0 Å². The van der Waals surface area contributed by atoms with Gasteiger partial charge in [-0.25, -0.2) is 0 Å². The molecule has 4 heteroatoms. The van der Waals surface area contributed by atoms with Crippen LogP contribution in [0.3, 0.4) is 0 Å². The number of carboxylic acid groups (broad SMARTS) is 1. The molecule has 0 saturated heterocycles. The van der Waals surface area contributed by atoms with Crippen LogP contribution < -0.4 is 10.5 Å². The number of anilines is 1. The lowest BCUT2D eigenvalue weighted by atomic mass is 9.90. The first-order valence-electron chi connectivity index (χ1n) is 5.84. The molecule has 0 fully saturated rings. The van der Waals surface area contributed by atoms with Crippen molar-refractivity contribution < 1.29 is 14.6 Å². The molecule has 3 N–H and O–H groups in total. The number of rotatable bonds is 4. The number of benzene rings is 2. The van der Waals surface area contributed by atoms with E-state index in [1.54, 1.807) is 42.5 Å². The molecule has 0 amide bonds. The highest BCUT2D eigenvalue weighted by atomic mass is 16.5. The molecule has 0 radical (unpaired) electrons. The van der Waals surface area contributed by atoms with Gasteiger partial charge in [-0.1, -0.05) is 30.3 Å². The Morgan fingerprint density at radius 2 is 1.79 bits per heavy atom. The van der Waals surface area contributed by atoms with Gasteiger partial charge < -0.3 is 15.6 Å². The molecular weight excluding hydrogens is 242 g/mol. The Hall–Kier alpha value is -2.49. The topological polar surface area (TPSA) is 72.5 Å². The molecular formula is C15H15NO3. The van der Waals surface area contributed by atoms with Gasteiger partial charge in [0.15, 0.2) is 0 Å². The van der Waals surface area contributed by atoms with Crippen LogP contribution >= 0.6 is 0 Å². The Kier molecular flexibility index (Phi) is 3.71. The predicted octanol–water partition coefficient (Wildman–Crippen LogP) is 2.49. The fourth-order valence-corrected chi connectivity index (χ4v) is 2.05. The zero-order valence-electron chi connectivity index (χ0n) is 10.5. The summed E-state index contributed by atoms with van der Waals surface area (Å²) in [6, 6.07) is 14.0. The van der Waals surface area contributed by atoms with Crippen LogP contribution in [-0.4, -0.2) is 18.2 Å². The summed E-state index contributed by atoms with van der Waals surface area (Å²) in [6.45, 7) is 0. The number of carbonyl (C=O) groups is 1. The number of methoxy groups -OCH3 is 1. The summed E-state index contributed by atoms with van der Waals surface area (Å²) < 4.78 is 5.23. The van der Waals surface area contributed by atoms with E-state index in [9.17, 15) is 9.90 Å². The molecule has 0 aromatic heterocycles. The molecule has 0 bridgehead atoms. The van der Waals surface area contributed by atoms with Gasteiger partial charge in [0, 0.05) is 11.3 Å². The van der Waals surface area contributed by atoms with Crippen molar-refractivity contribution in [2.75, 3.05) is 12.8 Å². The second-order valence-electron chi connectivity index (χ2n) is 4.18. The number of para-hydroxylation sites is 1. The normalized spacial score (nSPS) is 11.8. The van der Waals surface area contributed by atoms with E-state index in [0.717, 1.165) is 0 Å². The summed E-state index contributed by atoms with van der Waals surface area (Å²) in [5.41, 5.74) is 7.53. The summed E-state index contributed by atoms with van der Waals surface area (Å²) in [5.74, 6) is -1.13. The number of hydrogen-bond donors (Lipinski definition) is 2. The van der Waals surface area contributed by atoms with Crippen LogP contribution in [0.25, 0.3) is 0 Å². The Morgan fingerprint density at radius 3 is 2.37 bits per heavy atom. The van der Waals surface area contributed by atoms with Crippen molar-refractivity contribution in [3.63, 3.8) is 0 Å². The molecule has 98 valence electrons. The van der Waals surface area contributed by atoms with E-state index in [-0.39, 0.29) is 0 Å². The highest BCUT2D eigenvalue weighted by Gasteiger charge is 2.24. The molecule has 0 heterocycles. The molecule has 0 aliphatic rings. The maximum absolute atomic E-state index is 11.6. The van der Waals surface area contributed by atoms with Crippen LogP contribution in [0, 0.1) is 0 Å². The molecule has 0 aliphatic carbocycles. The third-order valence-electron chi connectivity index (χ3n) is 2.97. The van der Waals surface area contributed by atoms with E-state index in [2.05, 4.69) is 0 Å². The molecule has 2 rings (SSSR count). The average molecular weight is 257 g/mol. The minimum atomic E-state index is -0.922. The fraction of sp³-hybridized carbons (Fsp3) is 0.133. The Balaban J connectivity index is 2.51. The highest BCUT2D eigenvalue weighted by molar-refractivity contribution is 5.81. The van der Waals surface area contributed by atoms with E-state index in [4.69, 9.17) is 10.5 Å². The number of aliphatic carboxylic acids is 1. The molecule has 1 atom stereocenters. The maximum Gasteiger partial charge on any atom is 0.315 e. The van der Waals surface area contributed by atoms with Gasteiger partial charge in [-0.05, 0) is 23.8 Å². The van der Waals surface area contributed by atoms with Gasteiger partial charge in [0.05, 0.1) is 7.11 Å². The highest BCUT2D eigenvalue weighted by Crippen LogP contribution is 2.32. The van der Waals surface area contributed by atoms with E-state index < -0.39 is 11.9 Å². The lowest BCUT2D eigenvalue weighted by Crippen LogP contribution is -2.14. The monoisotopic (exact) mass is 257 g/mol. The smallest absolute Gasteiger partial charge is 0.315 e. The maximum atomic E-state index is 11.6. The number of ether oxygens (including phenoxy) is 1. The van der Waals surface area contributed by atoms with Crippen LogP contribution in [0.15, 0.2) is 48.5 Å². The van der Waals surface area contributed by atoms with Gasteiger partial charge in [-0.2, -0.15) is 0 Å². The predicted molar refractivity (Wildman–Crippen MR) is 73.3 cm³/mol. The average Bonchev–Trinajstić information content (AvgIpc) is 2.41. The van der Waals surface area contributed by atoms with Crippen LogP contribution in [0.5, 0.6) is 5.75 Å². The van der Waals surface area contributed by atoms with E-state index in [1.165, 1.54) is 7.11 Å². The van der Waals surface area contributed by atoms with Gasteiger partial charge in [0.2, 0.25) is 0 Å². The van der Waals surface area contributed by atoms with Crippen molar-refractivity contribution >= 4 is 11.7 Å². The number of nitrogens with two attached hydrogens (primary N) is 1.